The van der Waals surface area contributed by atoms with Crippen LogP contribution in [0.5, 0.6) is 0 Å². The van der Waals surface area contributed by atoms with Crippen molar-refractivity contribution in [2.75, 3.05) is 6.54 Å². The van der Waals surface area contributed by atoms with Gasteiger partial charge in [-0.2, -0.15) is 5.10 Å². The second-order valence-electron chi connectivity index (χ2n) is 7.05. The topological polar surface area (TPSA) is 61.9 Å². The summed E-state index contributed by atoms with van der Waals surface area (Å²) in [4.78, 5) is 19.7. The Morgan fingerprint density at radius 2 is 1.89 bits per heavy atom. The van der Waals surface area contributed by atoms with Crippen LogP contribution in [0.3, 0.4) is 0 Å². The normalized spacial score (nSPS) is 17.0. The van der Waals surface area contributed by atoms with Crippen LogP contribution in [0.25, 0.3) is 11.4 Å². The van der Waals surface area contributed by atoms with Crippen molar-refractivity contribution in [2.45, 2.75) is 38.1 Å². The average molecular weight is 360 g/mol. The molecule has 0 saturated carbocycles. The third kappa shape index (κ3) is 3.92. The van der Waals surface area contributed by atoms with E-state index >= 15 is 0 Å². The molecule has 2 heterocycles. The highest BCUT2D eigenvalue weighted by atomic mass is 16.2. The Bertz CT molecular complexity index is 876. The molecule has 4 rings (SSSR count). The van der Waals surface area contributed by atoms with Crippen LogP contribution in [-0.2, 0) is 6.42 Å². The van der Waals surface area contributed by atoms with E-state index in [0.717, 1.165) is 37.8 Å². The van der Waals surface area contributed by atoms with E-state index in [9.17, 15) is 4.79 Å². The number of carbonyl (C=O) groups excluding carboxylic acids is 1. The SMILES string of the molecule is O=C(c1ccccc1-c1ncn[nH]1)N1CCCCC1CCc1ccccc1. The van der Waals surface area contributed by atoms with Gasteiger partial charge in [-0.1, -0.05) is 48.5 Å². The lowest BCUT2D eigenvalue weighted by Gasteiger charge is -2.36. The first-order valence-electron chi connectivity index (χ1n) is 9.62. The number of nitrogens with zero attached hydrogens (tertiary/aromatic N) is 3. The zero-order valence-corrected chi connectivity index (χ0v) is 15.3. The number of piperidine rings is 1. The fourth-order valence-corrected chi connectivity index (χ4v) is 3.91. The number of hydrogen-bond donors (Lipinski definition) is 1. The fourth-order valence-electron chi connectivity index (χ4n) is 3.91. The van der Waals surface area contributed by atoms with Crippen molar-refractivity contribution in [3.05, 3.63) is 72.1 Å². The molecule has 1 aliphatic heterocycles. The molecule has 3 aromatic rings. The van der Waals surface area contributed by atoms with Crippen molar-refractivity contribution < 1.29 is 4.79 Å². The smallest absolute Gasteiger partial charge is 0.254 e. The first-order valence-corrected chi connectivity index (χ1v) is 9.62. The van der Waals surface area contributed by atoms with Crippen molar-refractivity contribution in [1.29, 1.82) is 0 Å². The van der Waals surface area contributed by atoms with Crippen molar-refractivity contribution in [1.82, 2.24) is 20.1 Å². The summed E-state index contributed by atoms with van der Waals surface area (Å²) in [5, 5.41) is 6.81. The molecule has 27 heavy (non-hydrogen) atoms. The van der Waals surface area contributed by atoms with Crippen molar-refractivity contribution in [2.24, 2.45) is 0 Å². The minimum atomic E-state index is 0.0970. The molecule has 5 heteroatoms. The molecule has 1 aromatic heterocycles. The number of aryl methyl sites for hydroxylation is 1. The predicted molar refractivity (Wildman–Crippen MR) is 105 cm³/mol. The third-order valence-electron chi connectivity index (χ3n) is 5.32. The Morgan fingerprint density at radius 3 is 2.70 bits per heavy atom. The van der Waals surface area contributed by atoms with Crippen LogP contribution in [0, 0.1) is 0 Å². The van der Waals surface area contributed by atoms with Gasteiger partial charge in [-0.05, 0) is 43.7 Å². The van der Waals surface area contributed by atoms with Crippen molar-refractivity contribution >= 4 is 5.91 Å². The van der Waals surface area contributed by atoms with Crippen LogP contribution in [0.2, 0.25) is 0 Å². The summed E-state index contributed by atoms with van der Waals surface area (Å²) in [6, 6.07) is 18.5. The summed E-state index contributed by atoms with van der Waals surface area (Å²) in [6.45, 7) is 0.822. The fraction of sp³-hybridized carbons (Fsp3) is 0.318. The molecular formula is C22H24N4O. The van der Waals surface area contributed by atoms with Gasteiger partial charge in [-0.15, -0.1) is 0 Å². The Labute approximate surface area is 159 Å². The molecule has 1 aliphatic rings. The van der Waals surface area contributed by atoms with Gasteiger partial charge in [0.15, 0.2) is 5.82 Å². The number of aromatic nitrogens is 3. The molecule has 0 bridgehead atoms. The number of H-pyrrole nitrogens is 1. The van der Waals surface area contributed by atoms with E-state index in [2.05, 4.69) is 44.3 Å². The maximum Gasteiger partial charge on any atom is 0.254 e. The summed E-state index contributed by atoms with van der Waals surface area (Å²) < 4.78 is 0. The first kappa shape index (κ1) is 17.5. The second-order valence-corrected chi connectivity index (χ2v) is 7.05. The number of likely N-dealkylation sites (tertiary alicyclic amines) is 1. The third-order valence-corrected chi connectivity index (χ3v) is 5.32. The van der Waals surface area contributed by atoms with E-state index in [1.54, 1.807) is 0 Å². The monoisotopic (exact) mass is 360 g/mol. The zero-order valence-electron chi connectivity index (χ0n) is 15.3. The number of amides is 1. The van der Waals surface area contributed by atoms with Gasteiger partial charge in [-0.25, -0.2) is 4.98 Å². The van der Waals surface area contributed by atoms with Crippen LogP contribution in [-0.4, -0.2) is 38.6 Å². The van der Waals surface area contributed by atoms with Gasteiger partial charge in [0.2, 0.25) is 0 Å². The molecule has 138 valence electrons. The lowest BCUT2D eigenvalue weighted by atomic mass is 9.94. The first-order chi connectivity index (χ1) is 13.3. The average Bonchev–Trinajstić information content (AvgIpc) is 3.27. The summed E-state index contributed by atoms with van der Waals surface area (Å²) in [5.41, 5.74) is 2.84. The Morgan fingerprint density at radius 1 is 1.07 bits per heavy atom. The molecule has 2 aromatic carbocycles. The molecular weight excluding hydrogens is 336 g/mol. The summed E-state index contributed by atoms with van der Waals surface area (Å²) in [5.74, 6) is 0.733. The molecule has 1 unspecified atom stereocenters. The summed E-state index contributed by atoms with van der Waals surface area (Å²) in [7, 11) is 0. The van der Waals surface area contributed by atoms with Crippen LogP contribution in [0.4, 0.5) is 0 Å². The lowest BCUT2D eigenvalue weighted by molar-refractivity contribution is 0.0602. The van der Waals surface area contributed by atoms with E-state index in [1.807, 2.05) is 30.3 Å². The van der Waals surface area contributed by atoms with Gasteiger partial charge in [0.25, 0.3) is 5.91 Å². The largest absolute Gasteiger partial charge is 0.336 e. The highest BCUT2D eigenvalue weighted by Gasteiger charge is 2.28. The predicted octanol–water partition coefficient (Wildman–Crippen LogP) is 4.10. The molecule has 0 radical (unpaired) electrons. The van der Waals surface area contributed by atoms with Gasteiger partial charge < -0.3 is 4.90 Å². The van der Waals surface area contributed by atoms with E-state index < -0.39 is 0 Å². The minimum Gasteiger partial charge on any atom is -0.336 e. The number of nitrogens with one attached hydrogen (secondary N) is 1. The van der Waals surface area contributed by atoms with Gasteiger partial charge in [0.05, 0.1) is 5.56 Å². The number of benzene rings is 2. The Kier molecular flexibility index (Phi) is 5.28. The summed E-state index contributed by atoms with van der Waals surface area (Å²) >= 11 is 0. The number of carbonyl (C=O) groups is 1. The maximum atomic E-state index is 13.4. The number of rotatable bonds is 5. The van der Waals surface area contributed by atoms with Gasteiger partial charge in [0, 0.05) is 18.2 Å². The number of aromatic amines is 1. The van der Waals surface area contributed by atoms with Crippen LogP contribution in [0.1, 0.15) is 41.6 Å². The van der Waals surface area contributed by atoms with Gasteiger partial charge in [0.1, 0.15) is 6.33 Å². The number of hydrogen-bond acceptors (Lipinski definition) is 3. The van der Waals surface area contributed by atoms with Crippen molar-refractivity contribution in [3.8, 4) is 11.4 Å². The van der Waals surface area contributed by atoms with Crippen LogP contribution in [0.15, 0.2) is 60.9 Å². The Balaban J connectivity index is 1.55. The Hall–Kier alpha value is -2.95. The summed E-state index contributed by atoms with van der Waals surface area (Å²) in [6.07, 6.45) is 6.80. The van der Waals surface area contributed by atoms with Crippen molar-refractivity contribution in [3.63, 3.8) is 0 Å². The van der Waals surface area contributed by atoms with Crippen LogP contribution >= 0.6 is 0 Å². The maximum absolute atomic E-state index is 13.4. The van der Waals surface area contributed by atoms with Crippen LogP contribution < -0.4 is 0 Å². The van der Waals surface area contributed by atoms with E-state index in [4.69, 9.17) is 0 Å². The minimum absolute atomic E-state index is 0.0970. The standard InChI is InChI=1S/C22H24N4O/c27-22(20-12-5-4-11-19(20)21-23-16-24-25-21)26-15-7-6-10-18(26)14-13-17-8-2-1-3-9-17/h1-5,8-9,11-12,16,18H,6-7,10,13-15H2,(H,23,24,25). The molecule has 0 spiro atoms. The van der Waals surface area contributed by atoms with Gasteiger partial charge in [-0.3, -0.25) is 9.89 Å². The molecule has 5 nitrogen and oxygen atoms in total. The molecule has 0 aliphatic carbocycles. The quantitative estimate of drug-likeness (QED) is 0.745. The molecule has 1 N–H and O–H groups in total. The zero-order chi connectivity index (χ0) is 18.5. The van der Waals surface area contributed by atoms with E-state index in [-0.39, 0.29) is 11.9 Å². The highest BCUT2D eigenvalue weighted by molar-refractivity contribution is 6.00. The molecule has 1 atom stereocenters. The second kappa shape index (κ2) is 8.16. The van der Waals surface area contributed by atoms with E-state index in [0.29, 0.717) is 11.4 Å². The molecule has 1 saturated heterocycles. The highest BCUT2D eigenvalue weighted by Crippen LogP contribution is 2.27. The molecule has 1 amide bonds. The van der Waals surface area contributed by atoms with Gasteiger partial charge >= 0.3 is 0 Å². The van der Waals surface area contributed by atoms with E-state index in [1.165, 1.54) is 18.3 Å². The lowest BCUT2D eigenvalue weighted by Crippen LogP contribution is -2.44. The molecule has 1 fully saturated rings.